The molecule has 0 aliphatic carbocycles. The molecular formula is C25H19N5O5S. The quantitative estimate of drug-likeness (QED) is 0.305. The molecule has 0 saturated heterocycles. The lowest BCUT2D eigenvalue weighted by Crippen LogP contribution is -2.43. The van der Waals surface area contributed by atoms with Crippen molar-refractivity contribution in [1.82, 2.24) is 9.97 Å². The molecule has 0 bridgehead atoms. The number of hydrogen-bond donors (Lipinski definition) is 1. The second kappa shape index (κ2) is 9.55. The number of carbonyl (C=O) groups excluding carboxylic acids is 2. The topological polar surface area (TPSA) is 128 Å². The number of nitro benzene ring substituents is 1. The number of anilines is 2. The summed E-state index contributed by atoms with van der Waals surface area (Å²) in [5.41, 5.74) is 2.87. The summed E-state index contributed by atoms with van der Waals surface area (Å²) in [6, 6.07) is 16.6. The Morgan fingerprint density at radius 3 is 2.83 bits per heavy atom. The average molecular weight is 502 g/mol. The third kappa shape index (κ3) is 4.64. The van der Waals surface area contributed by atoms with Crippen LogP contribution in [-0.4, -0.2) is 39.9 Å². The first-order valence-corrected chi connectivity index (χ1v) is 11.7. The van der Waals surface area contributed by atoms with Crippen LogP contribution >= 0.6 is 11.3 Å². The molecule has 0 saturated carbocycles. The normalized spacial score (nSPS) is 12.6. The highest BCUT2D eigenvalue weighted by Crippen LogP contribution is 2.39. The van der Waals surface area contributed by atoms with Crippen LogP contribution in [0.2, 0.25) is 0 Å². The standard InChI is InChI=1S/C25H19N5O5S/c1-15-24(28-25(36-15)19-7-2-3-10-26-19)16-8-9-21-20(11-16)29(23(32)14-35-21)13-22(31)27-17-5-4-6-18(12-17)30(33)34/h2-12H,13-14H2,1H3,(H,27,31). The summed E-state index contributed by atoms with van der Waals surface area (Å²) < 4.78 is 5.58. The fourth-order valence-electron chi connectivity index (χ4n) is 3.83. The minimum Gasteiger partial charge on any atom is -0.482 e. The van der Waals surface area contributed by atoms with E-state index in [0.29, 0.717) is 11.4 Å². The van der Waals surface area contributed by atoms with Gasteiger partial charge in [-0.2, -0.15) is 0 Å². The predicted octanol–water partition coefficient (Wildman–Crippen LogP) is 4.45. The van der Waals surface area contributed by atoms with Crippen molar-refractivity contribution in [2.75, 3.05) is 23.4 Å². The maximum atomic E-state index is 12.8. The van der Waals surface area contributed by atoms with Gasteiger partial charge in [0.1, 0.15) is 17.3 Å². The number of rotatable bonds is 6. The van der Waals surface area contributed by atoms with Gasteiger partial charge in [0.2, 0.25) is 5.91 Å². The van der Waals surface area contributed by atoms with Crippen molar-refractivity contribution >= 4 is 40.2 Å². The molecule has 1 N–H and O–H groups in total. The highest BCUT2D eigenvalue weighted by molar-refractivity contribution is 7.15. The van der Waals surface area contributed by atoms with Crippen LogP contribution in [0.15, 0.2) is 66.9 Å². The highest BCUT2D eigenvalue weighted by Gasteiger charge is 2.28. The molecule has 10 nitrogen and oxygen atoms in total. The Balaban J connectivity index is 1.41. The Labute approximate surface area is 209 Å². The number of aryl methyl sites for hydroxylation is 1. The van der Waals surface area contributed by atoms with Crippen LogP contribution in [0.1, 0.15) is 4.88 Å². The third-order valence-corrected chi connectivity index (χ3v) is 6.49. The van der Waals surface area contributed by atoms with E-state index in [-0.39, 0.29) is 30.4 Å². The first kappa shape index (κ1) is 23.1. The number of amides is 2. The van der Waals surface area contributed by atoms with Crippen molar-refractivity contribution in [1.29, 1.82) is 0 Å². The Morgan fingerprint density at radius 1 is 1.19 bits per heavy atom. The number of benzene rings is 2. The van der Waals surface area contributed by atoms with E-state index in [1.165, 1.54) is 34.4 Å². The van der Waals surface area contributed by atoms with Crippen LogP contribution in [0.3, 0.4) is 0 Å². The summed E-state index contributed by atoms with van der Waals surface area (Å²) in [5, 5.41) is 14.4. The van der Waals surface area contributed by atoms with E-state index in [2.05, 4.69) is 10.3 Å². The first-order valence-electron chi connectivity index (χ1n) is 10.9. The lowest BCUT2D eigenvalue weighted by molar-refractivity contribution is -0.384. The van der Waals surface area contributed by atoms with Crippen LogP contribution in [0.5, 0.6) is 5.75 Å². The van der Waals surface area contributed by atoms with E-state index in [1.807, 2.05) is 31.2 Å². The van der Waals surface area contributed by atoms with Gasteiger partial charge in [-0.05, 0) is 43.3 Å². The molecule has 1 aliphatic rings. The molecule has 0 fully saturated rings. The number of aromatic nitrogens is 2. The molecule has 0 atom stereocenters. The first-order chi connectivity index (χ1) is 17.4. The van der Waals surface area contributed by atoms with E-state index in [1.54, 1.807) is 24.4 Å². The number of pyridine rings is 1. The van der Waals surface area contributed by atoms with E-state index in [4.69, 9.17) is 9.72 Å². The van der Waals surface area contributed by atoms with Crippen LogP contribution < -0.4 is 15.0 Å². The molecule has 180 valence electrons. The van der Waals surface area contributed by atoms with Gasteiger partial charge in [0, 0.05) is 34.5 Å². The number of non-ortho nitro benzene ring substituents is 1. The molecule has 0 unspecified atom stereocenters. The van der Waals surface area contributed by atoms with Crippen LogP contribution in [0.25, 0.3) is 22.0 Å². The minimum atomic E-state index is -0.543. The molecule has 11 heteroatoms. The number of carbonyl (C=O) groups is 2. The summed E-state index contributed by atoms with van der Waals surface area (Å²) in [4.78, 5) is 47.4. The zero-order valence-electron chi connectivity index (χ0n) is 19.0. The lowest BCUT2D eigenvalue weighted by Gasteiger charge is -2.29. The van der Waals surface area contributed by atoms with Crippen molar-refractivity contribution in [3.8, 4) is 27.7 Å². The monoisotopic (exact) mass is 501 g/mol. The summed E-state index contributed by atoms with van der Waals surface area (Å²) in [5.74, 6) is -0.401. The van der Waals surface area contributed by atoms with Crippen molar-refractivity contribution in [3.05, 3.63) is 81.9 Å². The number of ether oxygens (including phenoxy) is 1. The van der Waals surface area contributed by atoms with Gasteiger partial charge in [-0.3, -0.25) is 29.6 Å². The molecule has 1 aliphatic heterocycles. The van der Waals surface area contributed by atoms with Crippen molar-refractivity contribution in [3.63, 3.8) is 0 Å². The van der Waals surface area contributed by atoms with Crippen molar-refractivity contribution < 1.29 is 19.2 Å². The molecule has 5 rings (SSSR count). The molecule has 0 spiro atoms. The molecule has 2 aromatic heterocycles. The predicted molar refractivity (Wildman–Crippen MR) is 135 cm³/mol. The summed E-state index contributed by atoms with van der Waals surface area (Å²) in [7, 11) is 0. The number of nitrogens with one attached hydrogen (secondary N) is 1. The fraction of sp³-hybridized carbons (Fsp3) is 0.120. The Hall–Kier alpha value is -4.64. The zero-order valence-corrected chi connectivity index (χ0v) is 19.8. The summed E-state index contributed by atoms with van der Waals surface area (Å²) in [6.07, 6.45) is 1.71. The smallest absolute Gasteiger partial charge is 0.271 e. The Morgan fingerprint density at radius 2 is 2.06 bits per heavy atom. The van der Waals surface area contributed by atoms with Gasteiger partial charge < -0.3 is 10.1 Å². The number of nitrogens with zero attached hydrogens (tertiary/aromatic N) is 4. The van der Waals surface area contributed by atoms with Crippen LogP contribution in [-0.2, 0) is 9.59 Å². The molecule has 2 aromatic carbocycles. The van der Waals surface area contributed by atoms with Gasteiger partial charge in [0.05, 0.1) is 22.0 Å². The second-order valence-corrected chi connectivity index (χ2v) is 9.15. The van der Waals surface area contributed by atoms with Crippen LogP contribution in [0, 0.1) is 17.0 Å². The third-order valence-electron chi connectivity index (χ3n) is 5.50. The van der Waals surface area contributed by atoms with Gasteiger partial charge in [0.25, 0.3) is 11.6 Å². The molecule has 0 radical (unpaired) electrons. The number of hydrogen-bond acceptors (Lipinski definition) is 8. The van der Waals surface area contributed by atoms with Crippen molar-refractivity contribution in [2.45, 2.75) is 6.92 Å². The SMILES string of the molecule is Cc1sc(-c2ccccn2)nc1-c1ccc2c(c1)N(CC(=O)Nc1cccc([N+](=O)[O-])c1)C(=O)CO2. The number of fused-ring (bicyclic) bond motifs is 1. The molecular weight excluding hydrogens is 482 g/mol. The fourth-order valence-corrected chi connectivity index (χ4v) is 4.74. The van der Waals surface area contributed by atoms with Crippen LogP contribution in [0.4, 0.5) is 17.1 Å². The largest absolute Gasteiger partial charge is 0.482 e. The van der Waals surface area contributed by atoms with Gasteiger partial charge in [-0.25, -0.2) is 4.98 Å². The zero-order chi connectivity index (χ0) is 25.2. The van der Waals surface area contributed by atoms with Crippen molar-refractivity contribution in [2.24, 2.45) is 0 Å². The number of thiazole rings is 1. The summed E-state index contributed by atoms with van der Waals surface area (Å²) >= 11 is 1.52. The molecule has 36 heavy (non-hydrogen) atoms. The summed E-state index contributed by atoms with van der Waals surface area (Å²) in [6.45, 7) is 1.48. The van der Waals surface area contributed by atoms with E-state index >= 15 is 0 Å². The van der Waals surface area contributed by atoms with E-state index in [9.17, 15) is 19.7 Å². The average Bonchev–Trinajstić information content (AvgIpc) is 3.27. The maximum Gasteiger partial charge on any atom is 0.271 e. The molecule has 4 aromatic rings. The van der Waals surface area contributed by atoms with Gasteiger partial charge in [-0.15, -0.1) is 11.3 Å². The van der Waals surface area contributed by atoms with Gasteiger partial charge >= 0.3 is 0 Å². The van der Waals surface area contributed by atoms with Gasteiger partial charge in [0.15, 0.2) is 6.61 Å². The van der Waals surface area contributed by atoms with Gasteiger partial charge in [-0.1, -0.05) is 12.1 Å². The van der Waals surface area contributed by atoms with E-state index in [0.717, 1.165) is 26.8 Å². The number of nitro groups is 1. The van der Waals surface area contributed by atoms with E-state index < -0.39 is 10.8 Å². The maximum absolute atomic E-state index is 12.8. The highest BCUT2D eigenvalue weighted by atomic mass is 32.1. The second-order valence-electron chi connectivity index (χ2n) is 7.95. The molecule has 2 amide bonds. The Bertz CT molecular complexity index is 1490. The lowest BCUT2D eigenvalue weighted by atomic mass is 10.1. The minimum absolute atomic E-state index is 0.144. The Kier molecular flexibility index (Phi) is 6.13. The molecule has 3 heterocycles.